The van der Waals surface area contributed by atoms with Gasteiger partial charge in [0.2, 0.25) is 0 Å². The van der Waals surface area contributed by atoms with Gasteiger partial charge in [-0.1, -0.05) is 0 Å². The molecule has 92 valence electrons. The molecule has 0 aromatic heterocycles. The first-order valence-electron chi connectivity index (χ1n) is 3.18. The second-order valence-corrected chi connectivity index (χ2v) is 4.04. The third-order valence-electron chi connectivity index (χ3n) is 0.805. The van der Waals surface area contributed by atoms with E-state index in [1.54, 1.807) is 0 Å². The molecule has 2 unspecified atom stereocenters. The first-order chi connectivity index (χ1) is 6.46. The average Bonchev–Trinajstić information content (AvgIpc) is 1.98. The number of aliphatic hydroxyl groups is 2. The molecule has 0 heterocycles. The SMILES string of the molecule is O=C(O)C(O)C(O)C(=O)O.[NaH].[OH][Ti]([OH])([OH])[OH]. The summed E-state index contributed by atoms with van der Waals surface area (Å²) < 4.78 is 29.5. The molecule has 0 radical (unpaired) electrons. The Balaban J connectivity index is -0.000000242. The summed E-state index contributed by atoms with van der Waals surface area (Å²) in [5.41, 5.74) is 0. The average molecular weight is 290 g/mol. The number of hydrogen-bond donors (Lipinski definition) is 8. The van der Waals surface area contributed by atoms with Crippen LogP contribution in [0.2, 0.25) is 0 Å². The van der Waals surface area contributed by atoms with Crippen LogP contribution in [0.25, 0.3) is 0 Å². The summed E-state index contributed by atoms with van der Waals surface area (Å²) in [6, 6.07) is 0. The Bertz CT molecular complexity index is 201. The molecule has 0 fully saturated rings. The molecule has 0 saturated carbocycles. The fourth-order valence-electron chi connectivity index (χ4n) is 0.270. The quantitative estimate of drug-likeness (QED) is 0.233. The van der Waals surface area contributed by atoms with Crippen LogP contribution in [-0.2, 0) is 27.7 Å². The van der Waals surface area contributed by atoms with Gasteiger partial charge in [0.05, 0.1) is 0 Å². The van der Waals surface area contributed by atoms with Gasteiger partial charge in [-0.05, 0) is 0 Å². The molecule has 0 aliphatic heterocycles. The van der Waals surface area contributed by atoms with Gasteiger partial charge < -0.3 is 20.4 Å². The van der Waals surface area contributed by atoms with E-state index in [0.29, 0.717) is 0 Å². The van der Waals surface area contributed by atoms with Gasteiger partial charge in [0.25, 0.3) is 0 Å². The number of carbonyl (C=O) groups is 2. The number of carboxylic acid groups (broad SMARTS) is 2. The Kier molecular flexibility index (Phi) is 12.8. The molecule has 0 spiro atoms. The van der Waals surface area contributed by atoms with Gasteiger partial charge in [0, 0.05) is 0 Å². The van der Waals surface area contributed by atoms with Crippen LogP contribution >= 0.6 is 0 Å². The van der Waals surface area contributed by atoms with Crippen molar-refractivity contribution in [2.24, 2.45) is 0 Å². The Labute approximate surface area is 116 Å². The van der Waals surface area contributed by atoms with E-state index in [-0.39, 0.29) is 29.6 Å². The molecule has 2 atom stereocenters. The van der Waals surface area contributed by atoms with E-state index >= 15 is 0 Å². The summed E-state index contributed by atoms with van der Waals surface area (Å²) >= 11 is -5.00. The van der Waals surface area contributed by atoms with Crippen LogP contribution in [0.3, 0.4) is 0 Å². The second kappa shape index (κ2) is 9.44. The van der Waals surface area contributed by atoms with Crippen molar-refractivity contribution < 1.29 is 62.9 Å². The van der Waals surface area contributed by atoms with Crippen molar-refractivity contribution in [3.63, 3.8) is 0 Å². The molecule has 0 aliphatic carbocycles. The van der Waals surface area contributed by atoms with Crippen LogP contribution in [0.15, 0.2) is 0 Å². The van der Waals surface area contributed by atoms with Gasteiger partial charge in [-0.15, -0.1) is 0 Å². The summed E-state index contributed by atoms with van der Waals surface area (Å²) in [4.78, 5) is 19.5. The maximum atomic E-state index is 9.77. The van der Waals surface area contributed by atoms with Crippen molar-refractivity contribution in [1.29, 1.82) is 0 Å². The van der Waals surface area contributed by atoms with Gasteiger partial charge in [0.15, 0.2) is 12.2 Å². The van der Waals surface area contributed by atoms with Crippen molar-refractivity contribution >= 4 is 41.5 Å². The number of aliphatic hydroxyl groups excluding tert-OH is 2. The van der Waals surface area contributed by atoms with E-state index in [4.69, 9.17) is 35.2 Å². The minimum atomic E-state index is -5.00. The fraction of sp³-hybridized carbons (Fsp3) is 0.500. The van der Waals surface area contributed by atoms with Gasteiger partial charge in [0.1, 0.15) is 0 Å². The van der Waals surface area contributed by atoms with E-state index in [1.807, 2.05) is 0 Å². The topological polar surface area (TPSA) is 196 Å². The van der Waals surface area contributed by atoms with Gasteiger partial charge in [-0.25, -0.2) is 9.59 Å². The van der Waals surface area contributed by atoms with E-state index in [1.165, 1.54) is 0 Å². The minimum absolute atomic E-state index is 0. The van der Waals surface area contributed by atoms with E-state index < -0.39 is 42.3 Å². The molecule has 0 amide bonds. The van der Waals surface area contributed by atoms with Gasteiger partial charge >= 0.3 is 74.4 Å². The number of aliphatic carboxylic acids is 2. The number of rotatable bonds is 3. The summed E-state index contributed by atoms with van der Waals surface area (Å²) in [7, 11) is 0. The predicted molar refractivity (Wildman–Crippen MR) is 43.3 cm³/mol. The monoisotopic (exact) mass is 290 g/mol. The summed E-state index contributed by atoms with van der Waals surface area (Å²) in [5, 5.41) is 32.5. The van der Waals surface area contributed by atoms with E-state index in [2.05, 4.69) is 0 Å². The standard InChI is InChI=1S/C4H6O6.Na.4H2O.Ti.H/c5-1(3(7)8)2(6)4(9)10;;;;;;;/h1-2,5-6H,(H,7,8)(H,9,10);;4*1H2;;/q;;;;;;+4;/p-4. The van der Waals surface area contributed by atoms with Crippen LogP contribution in [0.5, 0.6) is 0 Å². The Morgan fingerprint density at radius 1 is 0.812 bits per heavy atom. The van der Waals surface area contributed by atoms with Crippen molar-refractivity contribution in [2.75, 3.05) is 0 Å². The van der Waals surface area contributed by atoms with Crippen molar-refractivity contribution in [3.8, 4) is 0 Å². The van der Waals surface area contributed by atoms with Crippen LogP contribution < -0.4 is 0 Å². The zero-order valence-corrected chi connectivity index (χ0v) is 8.61. The molecule has 8 N–H and O–H groups in total. The molecule has 0 aromatic carbocycles. The third-order valence-corrected chi connectivity index (χ3v) is 0.805. The predicted octanol–water partition coefficient (Wildman–Crippen LogP) is -5.00. The normalized spacial score (nSPS) is 13.6. The molecular weight excluding hydrogens is 279 g/mol. The molecule has 0 bridgehead atoms. The molecule has 0 rings (SSSR count). The number of carboxylic acids is 2. The van der Waals surface area contributed by atoms with Crippen LogP contribution in [-0.4, -0.2) is 88.9 Å². The van der Waals surface area contributed by atoms with Gasteiger partial charge in [-0.2, -0.15) is 0 Å². The van der Waals surface area contributed by atoms with E-state index in [0.717, 1.165) is 0 Å². The zero-order valence-electron chi connectivity index (χ0n) is 7.05. The van der Waals surface area contributed by atoms with Crippen LogP contribution in [0.1, 0.15) is 0 Å². The number of hydrogen-bond acceptors (Lipinski definition) is 8. The Morgan fingerprint density at radius 2 is 0.938 bits per heavy atom. The Morgan fingerprint density at radius 3 is 1.00 bits per heavy atom. The van der Waals surface area contributed by atoms with Crippen LogP contribution in [0, 0.1) is 0 Å². The second-order valence-electron chi connectivity index (χ2n) is 2.17. The third kappa shape index (κ3) is 16.8. The van der Waals surface area contributed by atoms with Crippen LogP contribution in [0.4, 0.5) is 0 Å². The van der Waals surface area contributed by atoms with Crippen molar-refractivity contribution in [1.82, 2.24) is 0 Å². The molecular formula is C4H11NaO10Ti. The summed E-state index contributed by atoms with van der Waals surface area (Å²) in [6.45, 7) is 0. The first-order valence-corrected chi connectivity index (χ1v) is 5.97. The van der Waals surface area contributed by atoms with E-state index in [9.17, 15) is 9.59 Å². The van der Waals surface area contributed by atoms with Gasteiger partial charge in [-0.3, -0.25) is 0 Å². The molecule has 12 heteroatoms. The molecule has 0 saturated heterocycles. The molecule has 0 aliphatic rings. The first kappa shape index (κ1) is 21.7. The molecule has 16 heavy (non-hydrogen) atoms. The zero-order chi connectivity index (χ0) is 12.8. The maximum absolute atomic E-state index is 9.77. The van der Waals surface area contributed by atoms with Crippen molar-refractivity contribution in [2.45, 2.75) is 12.2 Å². The molecule has 10 nitrogen and oxygen atoms in total. The Hall–Kier alpha value is 0.414. The molecule has 0 aromatic rings. The summed E-state index contributed by atoms with van der Waals surface area (Å²) in [5.74, 6) is -3.54. The van der Waals surface area contributed by atoms with Crippen molar-refractivity contribution in [3.05, 3.63) is 0 Å². The summed E-state index contributed by atoms with van der Waals surface area (Å²) in [6.07, 6.45) is -4.53. The fourth-order valence-corrected chi connectivity index (χ4v) is 0.270.